The van der Waals surface area contributed by atoms with Gasteiger partial charge in [-0.1, -0.05) is 39.0 Å². The fourth-order valence-corrected chi connectivity index (χ4v) is 1.50. The van der Waals surface area contributed by atoms with Crippen molar-refractivity contribution in [1.82, 2.24) is 0 Å². The van der Waals surface area contributed by atoms with Crippen LogP contribution >= 0.6 is 0 Å². The highest BCUT2D eigenvalue weighted by Crippen LogP contribution is 2.23. The quantitative estimate of drug-likeness (QED) is 0.657. The lowest BCUT2D eigenvalue weighted by Gasteiger charge is -2.16. The first kappa shape index (κ1) is 9.97. The Hall–Kier alpha value is -1.57. The second-order valence-corrected chi connectivity index (χ2v) is 4.74. The molecule has 0 bridgehead atoms. The average Bonchev–Trinajstić information content (AvgIpc) is 2.16. The molecule has 0 N–H and O–H groups in total. The minimum Gasteiger partial charge on any atom is -0.427 e. The van der Waals surface area contributed by atoms with Crippen LogP contribution in [0.4, 0.5) is 0 Å². The van der Waals surface area contributed by atoms with Gasteiger partial charge < -0.3 is 4.42 Å². The third-order valence-corrected chi connectivity index (χ3v) is 2.41. The Balaban J connectivity index is 2.79. The predicted molar refractivity (Wildman–Crippen MR) is 61.2 cm³/mol. The summed E-state index contributed by atoms with van der Waals surface area (Å²) < 4.78 is 5.30. The molecule has 15 heavy (non-hydrogen) atoms. The van der Waals surface area contributed by atoms with Crippen molar-refractivity contribution in [2.75, 3.05) is 0 Å². The van der Waals surface area contributed by atoms with E-state index in [1.165, 1.54) is 0 Å². The van der Waals surface area contributed by atoms with Crippen LogP contribution in [0.1, 0.15) is 26.5 Å². The van der Waals surface area contributed by atoms with Crippen LogP contribution in [-0.2, 0) is 5.41 Å². The van der Waals surface area contributed by atoms with Crippen LogP contribution in [0, 0.1) is 0 Å². The zero-order chi connectivity index (χ0) is 11.1. The van der Waals surface area contributed by atoms with E-state index in [1.54, 1.807) is 6.07 Å². The zero-order valence-corrected chi connectivity index (χ0v) is 9.20. The second-order valence-electron chi connectivity index (χ2n) is 4.74. The van der Waals surface area contributed by atoms with Gasteiger partial charge in [-0.05, 0) is 17.5 Å². The third-order valence-electron chi connectivity index (χ3n) is 2.41. The van der Waals surface area contributed by atoms with E-state index < -0.39 is 0 Å². The molecule has 2 rings (SSSR count). The standard InChI is InChI=1S/C13H14O2/c1-13(2,3)11-8-9-6-4-5-7-10(9)12(14)15-11/h4-8H,1-3H3. The molecule has 78 valence electrons. The molecule has 1 aromatic carbocycles. The molecule has 0 unspecified atom stereocenters. The van der Waals surface area contributed by atoms with Crippen LogP contribution in [0.3, 0.4) is 0 Å². The maximum Gasteiger partial charge on any atom is 0.343 e. The van der Waals surface area contributed by atoms with Gasteiger partial charge >= 0.3 is 5.63 Å². The van der Waals surface area contributed by atoms with E-state index in [0.29, 0.717) is 5.39 Å². The lowest BCUT2D eigenvalue weighted by atomic mass is 9.92. The minimum atomic E-state index is -0.252. The van der Waals surface area contributed by atoms with Gasteiger partial charge in [0.2, 0.25) is 0 Å². The summed E-state index contributed by atoms with van der Waals surface area (Å²) in [5.41, 5.74) is -0.388. The smallest absolute Gasteiger partial charge is 0.343 e. The van der Waals surface area contributed by atoms with Gasteiger partial charge in [-0.15, -0.1) is 0 Å². The molecule has 0 saturated carbocycles. The van der Waals surface area contributed by atoms with Crippen LogP contribution in [0.2, 0.25) is 0 Å². The van der Waals surface area contributed by atoms with Crippen molar-refractivity contribution in [2.45, 2.75) is 26.2 Å². The summed E-state index contributed by atoms with van der Waals surface area (Å²) in [7, 11) is 0. The largest absolute Gasteiger partial charge is 0.427 e. The Morgan fingerprint density at radius 1 is 1.13 bits per heavy atom. The first-order valence-electron chi connectivity index (χ1n) is 5.02. The monoisotopic (exact) mass is 202 g/mol. The summed E-state index contributed by atoms with van der Waals surface area (Å²) in [6.45, 7) is 6.08. The Kier molecular flexibility index (Phi) is 2.14. The first-order chi connectivity index (χ1) is 6.98. The lowest BCUT2D eigenvalue weighted by molar-refractivity contribution is 0.382. The molecule has 0 spiro atoms. The molecular formula is C13H14O2. The molecule has 0 fully saturated rings. The summed E-state index contributed by atoms with van der Waals surface area (Å²) in [5, 5.41) is 1.59. The van der Waals surface area contributed by atoms with Crippen LogP contribution in [0.5, 0.6) is 0 Å². The Bertz CT molecular complexity index is 544. The molecule has 0 aliphatic heterocycles. The van der Waals surface area contributed by atoms with Gasteiger partial charge in [0, 0.05) is 5.41 Å². The number of benzene rings is 1. The molecule has 0 amide bonds. The van der Waals surface area contributed by atoms with Crippen molar-refractivity contribution >= 4 is 10.8 Å². The molecular weight excluding hydrogens is 188 g/mol. The van der Waals surface area contributed by atoms with Crippen LogP contribution in [-0.4, -0.2) is 0 Å². The Morgan fingerprint density at radius 3 is 2.47 bits per heavy atom. The SMILES string of the molecule is CC(C)(C)c1cc2ccccc2c(=O)o1. The van der Waals surface area contributed by atoms with E-state index in [9.17, 15) is 4.79 Å². The predicted octanol–water partition coefficient (Wildman–Crippen LogP) is 3.09. The molecule has 0 aliphatic rings. The van der Waals surface area contributed by atoms with E-state index in [2.05, 4.69) is 0 Å². The normalized spacial score (nSPS) is 11.9. The van der Waals surface area contributed by atoms with E-state index in [0.717, 1.165) is 11.1 Å². The maximum atomic E-state index is 11.7. The van der Waals surface area contributed by atoms with E-state index in [4.69, 9.17) is 4.42 Å². The summed E-state index contributed by atoms with van der Waals surface area (Å²) in [5.74, 6) is 0.728. The number of fused-ring (bicyclic) bond motifs is 1. The van der Waals surface area contributed by atoms with Gasteiger partial charge in [0.05, 0.1) is 5.39 Å². The van der Waals surface area contributed by atoms with Gasteiger partial charge in [-0.3, -0.25) is 0 Å². The topological polar surface area (TPSA) is 30.2 Å². The van der Waals surface area contributed by atoms with Crippen LogP contribution < -0.4 is 5.63 Å². The third kappa shape index (κ3) is 1.80. The molecule has 2 heteroatoms. The summed E-state index contributed by atoms with van der Waals surface area (Å²) in [6.07, 6.45) is 0. The van der Waals surface area contributed by atoms with Gasteiger partial charge in [0.15, 0.2) is 0 Å². The van der Waals surface area contributed by atoms with Crippen molar-refractivity contribution in [2.24, 2.45) is 0 Å². The van der Waals surface area contributed by atoms with Gasteiger partial charge in [0.1, 0.15) is 5.76 Å². The fourth-order valence-electron chi connectivity index (χ4n) is 1.50. The van der Waals surface area contributed by atoms with Gasteiger partial charge in [-0.2, -0.15) is 0 Å². The highest BCUT2D eigenvalue weighted by atomic mass is 16.4. The minimum absolute atomic E-state index is 0.136. The zero-order valence-electron chi connectivity index (χ0n) is 9.20. The summed E-state index contributed by atoms with van der Waals surface area (Å²) >= 11 is 0. The highest BCUT2D eigenvalue weighted by Gasteiger charge is 2.18. The number of hydrogen-bond donors (Lipinski definition) is 0. The summed E-state index contributed by atoms with van der Waals surface area (Å²) in [6, 6.07) is 9.43. The van der Waals surface area contributed by atoms with Gasteiger partial charge in [0.25, 0.3) is 0 Å². The molecule has 0 saturated heterocycles. The van der Waals surface area contributed by atoms with Crippen molar-refractivity contribution < 1.29 is 4.42 Å². The first-order valence-corrected chi connectivity index (χ1v) is 5.02. The van der Waals surface area contributed by atoms with Crippen molar-refractivity contribution in [3.63, 3.8) is 0 Å². The Morgan fingerprint density at radius 2 is 1.80 bits per heavy atom. The van der Waals surface area contributed by atoms with Crippen LogP contribution in [0.15, 0.2) is 39.5 Å². The summed E-state index contributed by atoms with van der Waals surface area (Å²) in [4.78, 5) is 11.7. The maximum absolute atomic E-state index is 11.7. The molecule has 1 aromatic heterocycles. The lowest BCUT2D eigenvalue weighted by Crippen LogP contribution is -2.14. The molecule has 2 nitrogen and oxygen atoms in total. The molecule has 0 aliphatic carbocycles. The molecule has 0 radical (unpaired) electrons. The molecule has 1 heterocycles. The van der Waals surface area contributed by atoms with Crippen molar-refractivity contribution in [3.8, 4) is 0 Å². The second kappa shape index (κ2) is 3.23. The average molecular weight is 202 g/mol. The molecule has 0 atom stereocenters. The fraction of sp³-hybridized carbons (Fsp3) is 0.308. The highest BCUT2D eigenvalue weighted by molar-refractivity contribution is 5.81. The van der Waals surface area contributed by atoms with Crippen LogP contribution in [0.25, 0.3) is 10.8 Å². The van der Waals surface area contributed by atoms with Gasteiger partial charge in [-0.25, -0.2) is 4.79 Å². The Labute approximate surface area is 88.5 Å². The van der Waals surface area contributed by atoms with E-state index >= 15 is 0 Å². The number of hydrogen-bond acceptors (Lipinski definition) is 2. The van der Waals surface area contributed by atoms with E-state index in [1.807, 2.05) is 45.0 Å². The number of rotatable bonds is 0. The van der Waals surface area contributed by atoms with Crippen molar-refractivity contribution in [1.29, 1.82) is 0 Å². The van der Waals surface area contributed by atoms with Crippen molar-refractivity contribution in [3.05, 3.63) is 46.5 Å². The van der Waals surface area contributed by atoms with E-state index in [-0.39, 0.29) is 11.0 Å². The molecule has 2 aromatic rings.